The number of rotatable bonds is 1. The number of hydrogen-bond donors (Lipinski definition) is 0. The van der Waals surface area contributed by atoms with Gasteiger partial charge in [-0.1, -0.05) is 30.3 Å². The van der Waals surface area contributed by atoms with Gasteiger partial charge in [0.05, 0.1) is 5.56 Å². The molecule has 0 N–H and O–H groups in total. The van der Waals surface area contributed by atoms with E-state index in [4.69, 9.17) is 0 Å². The number of nitrogens with zero attached hydrogens (tertiary/aromatic N) is 2. The minimum atomic E-state index is 0.0567. The van der Waals surface area contributed by atoms with Gasteiger partial charge in [-0.25, -0.2) is 0 Å². The highest BCUT2D eigenvalue weighted by atomic mass is 16.1. The van der Waals surface area contributed by atoms with E-state index in [1.165, 1.54) is 0 Å². The van der Waals surface area contributed by atoms with E-state index in [-0.39, 0.29) is 5.56 Å². The second-order valence-corrected chi connectivity index (χ2v) is 3.68. The molecule has 0 bridgehead atoms. The molecule has 2 rings (SSSR count). The highest BCUT2D eigenvalue weighted by molar-refractivity contribution is 5.64. The molecule has 0 saturated carbocycles. The smallest absolute Gasteiger partial charge is 0.274 e. The molecular formula is C12H14N2O. The number of hydrogen-bond acceptors (Lipinski definition) is 1. The molecule has 0 amide bonds. The Labute approximate surface area is 88.6 Å². The van der Waals surface area contributed by atoms with E-state index in [0.717, 1.165) is 16.8 Å². The molecule has 3 heteroatoms. The molecule has 0 aliphatic rings. The normalized spacial score (nSPS) is 10.6. The molecule has 1 heterocycles. The molecule has 0 atom stereocenters. The molecule has 0 radical (unpaired) electrons. The van der Waals surface area contributed by atoms with Crippen LogP contribution in [0.25, 0.3) is 11.1 Å². The predicted octanol–water partition coefficient (Wildman–Crippen LogP) is 1.70. The minimum Gasteiger partial charge on any atom is -0.290 e. The van der Waals surface area contributed by atoms with E-state index < -0.39 is 0 Å². The Kier molecular flexibility index (Phi) is 2.23. The fraction of sp³-hybridized carbons (Fsp3) is 0.250. The summed E-state index contributed by atoms with van der Waals surface area (Å²) in [6, 6.07) is 9.77. The van der Waals surface area contributed by atoms with Gasteiger partial charge < -0.3 is 0 Å². The summed E-state index contributed by atoms with van der Waals surface area (Å²) in [5.74, 6) is 0. The van der Waals surface area contributed by atoms with Gasteiger partial charge in [0.25, 0.3) is 5.56 Å². The maximum absolute atomic E-state index is 12.0. The van der Waals surface area contributed by atoms with Gasteiger partial charge in [-0.2, -0.15) is 0 Å². The van der Waals surface area contributed by atoms with Gasteiger partial charge in [-0.15, -0.1) is 0 Å². The molecule has 15 heavy (non-hydrogen) atoms. The van der Waals surface area contributed by atoms with Crippen LogP contribution in [-0.2, 0) is 14.1 Å². The molecule has 0 aliphatic heterocycles. The highest BCUT2D eigenvalue weighted by Crippen LogP contribution is 2.18. The largest absolute Gasteiger partial charge is 0.290 e. The number of benzene rings is 1. The Morgan fingerprint density at radius 1 is 1.00 bits per heavy atom. The zero-order chi connectivity index (χ0) is 11.0. The minimum absolute atomic E-state index is 0.0567. The third-order valence-electron chi connectivity index (χ3n) is 2.87. The summed E-state index contributed by atoms with van der Waals surface area (Å²) in [4.78, 5) is 12.0. The maximum Gasteiger partial charge on any atom is 0.274 e. The molecule has 2 aromatic rings. The van der Waals surface area contributed by atoms with Gasteiger partial charge in [-0.05, 0) is 12.5 Å². The van der Waals surface area contributed by atoms with Crippen molar-refractivity contribution in [3.63, 3.8) is 0 Å². The summed E-state index contributed by atoms with van der Waals surface area (Å²) >= 11 is 0. The van der Waals surface area contributed by atoms with E-state index in [9.17, 15) is 4.79 Å². The summed E-state index contributed by atoms with van der Waals surface area (Å²) in [5, 5.41) is 0. The molecule has 78 valence electrons. The Bertz CT molecular complexity index is 535. The van der Waals surface area contributed by atoms with Crippen LogP contribution < -0.4 is 5.56 Å². The summed E-state index contributed by atoms with van der Waals surface area (Å²) in [7, 11) is 3.67. The molecule has 0 saturated heterocycles. The molecular weight excluding hydrogens is 188 g/mol. The van der Waals surface area contributed by atoms with Gasteiger partial charge >= 0.3 is 0 Å². The lowest BCUT2D eigenvalue weighted by Gasteiger charge is -2.01. The molecule has 0 aliphatic carbocycles. The third-order valence-corrected chi connectivity index (χ3v) is 2.87. The van der Waals surface area contributed by atoms with Crippen LogP contribution in [0.2, 0.25) is 0 Å². The van der Waals surface area contributed by atoms with Crippen LogP contribution in [0.4, 0.5) is 0 Å². The van der Waals surface area contributed by atoms with Crippen molar-refractivity contribution in [3.05, 3.63) is 46.4 Å². The monoisotopic (exact) mass is 202 g/mol. The van der Waals surface area contributed by atoms with Crippen molar-refractivity contribution in [1.29, 1.82) is 0 Å². The van der Waals surface area contributed by atoms with Crippen LogP contribution >= 0.6 is 0 Å². The van der Waals surface area contributed by atoms with Crippen molar-refractivity contribution in [1.82, 2.24) is 9.36 Å². The van der Waals surface area contributed by atoms with Crippen molar-refractivity contribution < 1.29 is 0 Å². The van der Waals surface area contributed by atoms with E-state index in [1.54, 1.807) is 11.7 Å². The van der Waals surface area contributed by atoms with E-state index in [2.05, 4.69) is 0 Å². The Morgan fingerprint density at radius 3 is 2.07 bits per heavy atom. The zero-order valence-electron chi connectivity index (χ0n) is 9.19. The lowest BCUT2D eigenvalue weighted by Crippen LogP contribution is -2.17. The first-order valence-corrected chi connectivity index (χ1v) is 4.91. The summed E-state index contributed by atoms with van der Waals surface area (Å²) in [5.41, 5.74) is 2.83. The summed E-state index contributed by atoms with van der Waals surface area (Å²) in [6.07, 6.45) is 0. The van der Waals surface area contributed by atoms with Gasteiger partial charge in [0, 0.05) is 19.8 Å². The standard InChI is InChI=1S/C12H14N2O/c1-9-11(10-7-5-4-6-8-10)12(15)14(3)13(9)2/h4-8H,1-3H3. The van der Waals surface area contributed by atoms with Crippen LogP contribution in [0.3, 0.4) is 0 Å². The average Bonchev–Trinajstić information content (AvgIpc) is 2.45. The second-order valence-electron chi connectivity index (χ2n) is 3.68. The molecule has 1 aromatic heterocycles. The third kappa shape index (κ3) is 1.40. The van der Waals surface area contributed by atoms with E-state index >= 15 is 0 Å². The Morgan fingerprint density at radius 2 is 1.60 bits per heavy atom. The van der Waals surface area contributed by atoms with Crippen LogP contribution in [0, 0.1) is 6.92 Å². The first-order valence-electron chi connectivity index (χ1n) is 4.91. The van der Waals surface area contributed by atoms with Crippen molar-refractivity contribution in [2.45, 2.75) is 6.92 Å². The lowest BCUT2D eigenvalue weighted by molar-refractivity contribution is 0.567. The van der Waals surface area contributed by atoms with Crippen molar-refractivity contribution in [3.8, 4) is 11.1 Å². The van der Waals surface area contributed by atoms with Crippen LogP contribution in [0.5, 0.6) is 0 Å². The summed E-state index contributed by atoms with van der Waals surface area (Å²) < 4.78 is 3.49. The summed E-state index contributed by atoms with van der Waals surface area (Å²) in [6.45, 7) is 1.96. The molecule has 0 spiro atoms. The Balaban J connectivity index is 2.75. The van der Waals surface area contributed by atoms with Crippen LogP contribution in [0.1, 0.15) is 5.69 Å². The van der Waals surface area contributed by atoms with Crippen molar-refractivity contribution >= 4 is 0 Å². The maximum atomic E-state index is 12.0. The van der Waals surface area contributed by atoms with Gasteiger partial charge in [0.2, 0.25) is 0 Å². The molecule has 1 aromatic carbocycles. The number of aromatic nitrogens is 2. The zero-order valence-corrected chi connectivity index (χ0v) is 9.19. The van der Waals surface area contributed by atoms with Gasteiger partial charge in [0.15, 0.2) is 0 Å². The fourth-order valence-corrected chi connectivity index (χ4v) is 1.78. The second kappa shape index (κ2) is 3.42. The quantitative estimate of drug-likeness (QED) is 0.691. The predicted molar refractivity (Wildman–Crippen MR) is 60.8 cm³/mol. The Hall–Kier alpha value is -1.77. The lowest BCUT2D eigenvalue weighted by atomic mass is 10.1. The van der Waals surface area contributed by atoms with E-state index in [0.29, 0.717) is 0 Å². The van der Waals surface area contributed by atoms with Crippen LogP contribution in [-0.4, -0.2) is 9.36 Å². The first kappa shape index (κ1) is 9.77. The average molecular weight is 202 g/mol. The first-order chi connectivity index (χ1) is 7.13. The highest BCUT2D eigenvalue weighted by Gasteiger charge is 2.13. The van der Waals surface area contributed by atoms with Crippen molar-refractivity contribution in [2.24, 2.45) is 14.1 Å². The molecule has 3 nitrogen and oxygen atoms in total. The molecule has 0 fully saturated rings. The van der Waals surface area contributed by atoms with Gasteiger partial charge in [0.1, 0.15) is 0 Å². The molecule has 0 unspecified atom stereocenters. The van der Waals surface area contributed by atoms with Gasteiger partial charge in [-0.3, -0.25) is 14.2 Å². The SMILES string of the molecule is Cc1c(-c2ccccc2)c(=O)n(C)n1C. The topological polar surface area (TPSA) is 26.9 Å². The van der Waals surface area contributed by atoms with Crippen molar-refractivity contribution in [2.75, 3.05) is 0 Å². The van der Waals surface area contributed by atoms with E-state index in [1.807, 2.05) is 49.0 Å². The van der Waals surface area contributed by atoms with Crippen LogP contribution in [0.15, 0.2) is 35.1 Å². The fourth-order valence-electron chi connectivity index (χ4n) is 1.78.